The second-order valence-corrected chi connectivity index (χ2v) is 6.47. The van der Waals surface area contributed by atoms with E-state index in [-0.39, 0.29) is 11.9 Å². The van der Waals surface area contributed by atoms with Crippen LogP contribution in [0.25, 0.3) is 0 Å². The van der Waals surface area contributed by atoms with Gasteiger partial charge in [-0.2, -0.15) is 5.10 Å². The van der Waals surface area contributed by atoms with Crippen LogP contribution < -0.4 is 0 Å². The predicted molar refractivity (Wildman–Crippen MR) is 90.2 cm³/mol. The third kappa shape index (κ3) is 3.79. The highest BCUT2D eigenvalue weighted by molar-refractivity contribution is 5.94. The van der Waals surface area contributed by atoms with Crippen molar-refractivity contribution in [2.24, 2.45) is 0 Å². The molecule has 1 aromatic heterocycles. The number of hydrogen-bond donors (Lipinski definition) is 0. The van der Waals surface area contributed by atoms with Gasteiger partial charge in [-0.05, 0) is 50.7 Å². The van der Waals surface area contributed by atoms with Crippen molar-refractivity contribution >= 4 is 5.91 Å². The molecular weight excluding hydrogens is 288 g/mol. The molecule has 5 nitrogen and oxygen atoms in total. The van der Waals surface area contributed by atoms with E-state index in [4.69, 9.17) is 0 Å². The summed E-state index contributed by atoms with van der Waals surface area (Å²) in [4.78, 5) is 16.8. The lowest BCUT2D eigenvalue weighted by Gasteiger charge is -2.33. The average Bonchev–Trinajstić information content (AvgIpc) is 3.09. The maximum Gasteiger partial charge on any atom is 0.253 e. The monoisotopic (exact) mass is 312 g/mol. The Bertz CT molecular complexity index is 634. The van der Waals surface area contributed by atoms with E-state index in [2.05, 4.69) is 10.00 Å². The molecule has 0 spiro atoms. The van der Waals surface area contributed by atoms with Gasteiger partial charge in [-0.25, -0.2) is 0 Å². The maximum atomic E-state index is 12.7. The molecule has 0 radical (unpaired) electrons. The quantitative estimate of drug-likeness (QED) is 0.870. The van der Waals surface area contributed by atoms with Gasteiger partial charge < -0.3 is 9.80 Å². The molecule has 0 saturated carbocycles. The standard InChI is InChI=1S/C18H24N4O/c1-20(2)13-15-6-8-16(9-7-15)18(23)21-11-3-5-17(14-21)22-12-4-10-19-22/h4,6-10,12,17H,3,5,11,13-14H2,1-2H3/t17-/m1/s1. The lowest BCUT2D eigenvalue weighted by atomic mass is 10.0. The van der Waals surface area contributed by atoms with E-state index in [1.165, 1.54) is 5.56 Å². The summed E-state index contributed by atoms with van der Waals surface area (Å²) in [7, 11) is 4.09. The Morgan fingerprint density at radius 2 is 2.09 bits per heavy atom. The predicted octanol–water partition coefficient (Wildman–Crippen LogP) is 2.42. The van der Waals surface area contributed by atoms with Crippen molar-refractivity contribution in [2.75, 3.05) is 27.2 Å². The van der Waals surface area contributed by atoms with E-state index in [9.17, 15) is 4.79 Å². The fraction of sp³-hybridized carbons (Fsp3) is 0.444. The molecular formula is C18H24N4O. The van der Waals surface area contributed by atoms with Crippen LogP contribution in [0.3, 0.4) is 0 Å². The summed E-state index contributed by atoms with van der Waals surface area (Å²) in [6, 6.07) is 10.2. The Labute approximate surface area is 137 Å². The highest BCUT2D eigenvalue weighted by Crippen LogP contribution is 2.22. The number of carbonyl (C=O) groups is 1. The van der Waals surface area contributed by atoms with Gasteiger partial charge in [0.05, 0.1) is 6.04 Å². The number of benzene rings is 1. The zero-order chi connectivity index (χ0) is 16.2. The first kappa shape index (κ1) is 15.7. The smallest absolute Gasteiger partial charge is 0.253 e. The average molecular weight is 312 g/mol. The molecule has 1 fully saturated rings. The third-order valence-electron chi connectivity index (χ3n) is 4.28. The molecule has 1 amide bonds. The number of aromatic nitrogens is 2. The zero-order valence-corrected chi connectivity index (χ0v) is 13.9. The summed E-state index contributed by atoms with van der Waals surface area (Å²) in [5.74, 6) is 0.123. The van der Waals surface area contributed by atoms with E-state index >= 15 is 0 Å². The van der Waals surface area contributed by atoms with Crippen LogP contribution in [0.1, 0.15) is 34.8 Å². The molecule has 0 N–H and O–H groups in total. The second kappa shape index (κ2) is 6.96. The maximum absolute atomic E-state index is 12.7. The van der Waals surface area contributed by atoms with Gasteiger partial charge in [-0.3, -0.25) is 9.48 Å². The summed E-state index contributed by atoms with van der Waals surface area (Å²) >= 11 is 0. The van der Waals surface area contributed by atoms with Crippen molar-refractivity contribution in [1.82, 2.24) is 19.6 Å². The van der Waals surface area contributed by atoms with Crippen LogP contribution in [0, 0.1) is 0 Å². The number of piperidine rings is 1. The van der Waals surface area contributed by atoms with Gasteiger partial charge in [0.15, 0.2) is 0 Å². The van der Waals surface area contributed by atoms with Gasteiger partial charge in [0.1, 0.15) is 0 Å². The molecule has 1 atom stereocenters. The highest BCUT2D eigenvalue weighted by Gasteiger charge is 2.25. The first-order chi connectivity index (χ1) is 11.1. The van der Waals surface area contributed by atoms with E-state index in [0.717, 1.165) is 38.0 Å². The topological polar surface area (TPSA) is 41.4 Å². The normalized spacial score (nSPS) is 18.4. The molecule has 1 aliphatic rings. The summed E-state index contributed by atoms with van der Waals surface area (Å²) < 4.78 is 1.97. The molecule has 1 saturated heterocycles. The molecule has 3 rings (SSSR count). The van der Waals surface area contributed by atoms with E-state index in [0.29, 0.717) is 0 Å². The van der Waals surface area contributed by atoms with Crippen LogP contribution in [0.2, 0.25) is 0 Å². The third-order valence-corrected chi connectivity index (χ3v) is 4.28. The largest absolute Gasteiger partial charge is 0.337 e. The molecule has 2 aromatic rings. The second-order valence-electron chi connectivity index (χ2n) is 6.47. The Balaban J connectivity index is 1.67. The number of carbonyl (C=O) groups excluding carboxylic acids is 1. The van der Waals surface area contributed by atoms with E-state index in [1.54, 1.807) is 6.20 Å². The minimum Gasteiger partial charge on any atom is -0.337 e. The number of rotatable bonds is 4. The lowest BCUT2D eigenvalue weighted by molar-refractivity contribution is 0.0673. The molecule has 5 heteroatoms. The summed E-state index contributed by atoms with van der Waals surface area (Å²) in [5.41, 5.74) is 1.99. The van der Waals surface area contributed by atoms with Gasteiger partial charge in [0.2, 0.25) is 0 Å². The van der Waals surface area contributed by atoms with Crippen LogP contribution in [0.4, 0.5) is 0 Å². The van der Waals surface area contributed by atoms with Crippen molar-refractivity contribution in [2.45, 2.75) is 25.4 Å². The molecule has 1 aliphatic heterocycles. The molecule has 2 heterocycles. The van der Waals surface area contributed by atoms with Crippen LogP contribution >= 0.6 is 0 Å². The zero-order valence-electron chi connectivity index (χ0n) is 13.9. The molecule has 0 unspecified atom stereocenters. The van der Waals surface area contributed by atoms with Gasteiger partial charge >= 0.3 is 0 Å². The summed E-state index contributed by atoms with van der Waals surface area (Å²) in [6.07, 6.45) is 5.88. The fourth-order valence-corrected chi connectivity index (χ4v) is 3.15. The van der Waals surface area contributed by atoms with Gasteiger partial charge in [0, 0.05) is 37.6 Å². The fourth-order valence-electron chi connectivity index (χ4n) is 3.15. The van der Waals surface area contributed by atoms with Crippen molar-refractivity contribution in [3.63, 3.8) is 0 Å². The molecule has 122 valence electrons. The van der Waals surface area contributed by atoms with Gasteiger partial charge in [0.25, 0.3) is 5.91 Å². The Hall–Kier alpha value is -2.14. The molecule has 0 aliphatic carbocycles. The Kier molecular flexibility index (Phi) is 4.76. The molecule has 23 heavy (non-hydrogen) atoms. The Morgan fingerprint density at radius 3 is 2.74 bits per heavy atom. The van der Waals surface area contributed by atoms with Crippen LogP contribution in [-0.2, 0) is 6.54 Å². The lowest BCUT2D eigenvalue weighted by Crippen LogP contribution is -2.40. The van der Waals surface area contributed by atoms with Crippen molar-refractivity contribution in [1.29, 1.82) is 0 Å². The minimum absolute atomic E-state index is 0.123. The summed E-state index contributed by atoms with van der Waals surface area (Å²) in [5, 5.41) is 4.32. The molecule has 1 aromatic carbocycles. The number of amides is 1. The Morgan fingerprint density at radius 1 is 1.30 bits per heavy atom. The van der Waals surface area contributed by atoms with E-state index < -0.39 is 0 Å². The minimum atomic E-state index is 0.123. The molecule has 0 bridgehead atoms. The number of likely N-dealkylation sites (tertiary alicyclic amines) is 1. The highest BCUT2D eigenvalue weighted by atomic mass is 16.2. The van der Waals surface area contributed by atoms with Gasteiger partial charge in [-0.1, -0.05) is 12.1 Å². The van der Waals surface area contributed by atoms with Crippen molar-refractivity contribution < 1.29 is 4.79 Å². The summed E-state index contributed by atoms with van der Waals surface area (Å²) in [6.45, 7) is 2.45. The van der Waals surface area contributed by atoms with Crippen LogP contribution in [-0.4, -0.2) is 52.7 Å². The number of nitrogens with zero attached hydrogens (tertiary/aromatic N) is 4. The van der Waals surface area contributed by atoms with Crippen LogP contribution in [0.15, 0.2) is 42.7 Å². The first-order valence-corrected chi connectivity index (χ1v) is 8.15. The first-order valence-electron chi connectivity index (χ1n) is 8.15. The van der Waals surface area contributed by atoms with E-state index in [1.807, 2.05) is 60.2 Å². The van der Waals surface area contributed by atoms with Crippen molar-refractivity contribution in [3.8, 4) is 0 Å². The van der Waals surface area contributed by atoms with Gasteiger partial charge in [-0.15, -0.1) is 0 Å². The SMILES string of the molecule is CN(C)Cc1ccc(C(=O)N2CCC[C@@H](n3cccn3)C2)cc1. The van der Waals surface area contributed by atoms with Crippen LogP contribution in [0.5, 0.6) is 0 Å². The number of hydrogen-bond acceptors (Lipinski definition) is 3. The van der Waals surface area contributed by atoms with Crippen molar-refractivity contribution in [3.05, 3.63) is 53.9 Å².